The second kappa shape index (κ2) is 8.05. The number of aryl methyl sites for hydroxylation is 1. The van der Waals surface area contributed by atoms with Gasteiger partial charge in [0.15, 0.2) is 12.4 Å². The summed E-state index contributed by atoms with van der Waals surface area (Å²) < 4.78 is 2.00. The molecule has 0 fully saturated rings. The van der Waals surface area contributed by atoms with Crippen molar-refractivity contribution < 1.29 is 9.36 Å². The van der Waals surface area contributed by atoms with E-state index >= 15 is 0 Å². The molecule has 0 radical (unpaired) electrons. The molecule has 88 valence electrons. The van der Waals surface area contributed by atoms with Crippen LogP contribution in [-0.2, 0) is 18.4 Å². The molecule has 0 bridgehead atoms. The number of carbonyl (C=O) groups is 1. The summed E-state index contributed by atoms with van der Waals surface area (Å²) in [5.74, 6) is 0. The molecule has 0 aliphatic heterocycles. The van der Waals surface area contributed by atoms with Crippen molar-refractivity contribution in [1.82, 2.24) is 5.32 Å². The topological polar surface area (TPSA) is 33.0 Å². The molecule has 2 rings (SSSR count). The Bertz CT molecular complexity index is 415. The van der Waals surface area contributed by atoms with Gasteiger partial charge in [-0.3, -0.25) is 4.79 Å². The minimum atomic E-state index is 0.615. The molecule has 2 aromatic rings. The molecule has 0 saturated heterocycles. The van der Waals surface area contributed by atoms with Crippen LogP contribution in [0.5, 0.6) is 0 Å². The zero-order chi connectivity index (χ0) is 12.3. The van der Waals surface area contributed by atoms with Gasteiger partial charge in [0, 0.05) is 18.7 Å². The van der Waals surface area contributed by atoms with Crippen LogP contribution in [0.1, 0.15) is 5.56 Å². The van der Waals surface area contributed by atoms with Crippen LogP contribution in [0.3, 0.4) is 0 Å². The number of rotatable bonds is 3. The smallest absolute Gasteiger partial charge is 0.207 e. The average Bonchev–Trinajstić information content (AvgIpc) is 2.39. The average molecular weight is 229 g/mol. The summed E-state index contributed by atoms with van der Waals surface area (Å²) in [6.45, 7) is 0.615. The summed E-state index contributed by atoms with van der Waals surface area (Å²) >= 11 is 0. The maximum atomic E-state index is 9.87. The summed E-state index contributed by atoms with van der Waals surface area (Å²) in [6.07, 6.45) is 4.70. The van der Waals surface area contributed by atoms with Crippen LogP contribution >= 0.6 is 0 Å². The fraction of sp³-hybridized carbons (Fsp3) is 0.143. The number of benzene rings is 1. The number of pyridine rings is 1. The van der Waals surface area contributed by atoms with Gasteiger partial charge in [0.05, 0.1) is 0 Å². The Morgan fingerprint density at radius 1 is 1.06 bits per heavy atom. The number of nitrogens with one attached hydrogen (secondary N) is 1. The Labute approximate surface area is 102 Å². The SMILES string of the molecule is C[n+]1ccccc1.O=CNCc1ccccc1. The highest BCUT2D eigenvalue weighted by molar-refractivity contribution is 5.46. The van der Waals surface area contributed by atoms with Gasteiger partial charge < -0.3 is 5.32 Å². The standard InChI is InChI=1S/C8H9NO.C6H8N/c10-7-9-6-8-4-2-1-3-5-8;1-7-5-3-2-4-6-7/h1-5,7H,6H2,(H,9,10);2-6H,1H3/q;+1. The van der Waals surface area contributed by atoms with Gasteiger partial charge in [-0.05, 0) is 5.56 Å². The molecule has 1 aromatic heterocycles. The molecule has 0 aliphatic carbocycles. The summed E-state index contributed by atoms with van der Waals surface area (Å²) in [6, 6.07) is 15.8. The number of hydrogen-bond acceptors (Lipinski definition) is 1. The predicted molar refractivity (Wildman–Crippen MR) is 67.0 cm³/mol. The molecule has 1 aromatic carbocycles. The minimum absolute atomic E-state index is 0.615. The third-order valence-corrected chi connectivity index (χ3v) is 2.10. The first-order valence-corrected chi connectivity index (χ1v) is 5.44. The molecular formula is C14H17N2O+. The fourth-order valence-corrected chi connectivity index (χ4v) is 1.24. The minimum Gasteiger partial charge on any atom is -0.355 e. The van der Waals surface area contributed by atoms with Crippen LogP contribution in [0.25, 0.3) is 0 Å². The highest BCUT2D eigenvalue weighted by Crippen LogP contribution is 1.95. The normalized spacial score (nSPS) is 8.76. The molecule has 1 amide bonds. The summed E-state index contributed by atoms with van der Waals surface area (Å²) in [4.78, 5) is 9.87. The van der Waals surface area contributed by atoms with Crippen LogP contribution < -0.4 is 9.88 Å². The van der Waals surface area contributed by atoms with E-state index in [0.29, 0.717) is 13.0 Å². The first-order chi connectivity index (χ1) is 8.33. The lowest BCUT2D eigenvalue weighted by molar-refractivity contribution is -0.671. The van der Waals surface area contributed by atoms with E-state index in [9.17, 15) is 4.79 Å². The number of nitrogens with zero attached hydrogens (tertiary/aromatic N) is 1. The highest BCUT2D eigenvalue weighted by atomic mass is 16.1. The Morgan fingerprint density at radius 3 is 2.12 bits per heavy atom. The highest BCUT2D eigenvalue weighted by Gasteiger charge is 1.85. The Balaban J connectivity index is 0.000000181. The van der Waals surface area contributed by atoms with Gasteiger partial charge in [0.2, 0.25) is 6.41 Å². The van der Waals surface area contributed by atoms with Crippen LogP contribution in [0.4, 0.5) is 0 Å². The van der Waals surface area contributed by atoms with E-state index in [2.05, 4.69) is 5.32 Å². The molecule has 0 aliphatic rings. The van der Waals surface area contributed by atoms with Crippen molar-refractivity contribution in [3.8, 4) is 0 Å². The Hall–Kier alpha value is -2.16. The van der Waals surface area contributed by atoms with Gasteiger partial charge >= 0.3 is 0 Å². The zero-order valence-electron chi connectivity index (χ0n) is 9.91. The van der Waals surface area contributed by atoms with Crippen molar-refractivity contribution >= 4 is 6.41 Å². The summed E-state index contributed by atoms with van der Waals surface area (Å²) in [7, 11) is 2.00. The van der Waals surface area contributed by atoms with Crippen LogP contribution in [0.2, 0.25) is 0 Å². The van der Waals surface area contributed by atoms with Gasteiger partial charge in [0.25, 0.3) is 0 Å². The number of aromatic nitrogens is 1. The zero-order valence-corrected chi connectivity index (χ0v) is 9.91. The van der Waals surface area contributed by atoms with Crippen molar-refractivity contribution in [2.45, 2.75) is 6.54 Å². The van der Waals surface area contributed by atoms with E-state index in [1.165, 1.54) is 0 Å². The van der Waals surface area contributed by atoms with Crippen molar-refractivity contribution in [1.29, 1.82) is 0 Å². The van der Waals surface area contributed by atoms with Crippen molar-refractivity contribution in [3.63, 3.8) is 0 Å². The maximum Gasteiger partial charge on any atom is 0.207 e. The van der Waals surface area contributed by atoms with E-state index in [1.807, 2.05) is 72.5 Å². The molecule has 0 atom stereocenters. The maximum absolute atomic E-state index is 9.87. The molecular weight excluding hydrogens is 212 g/mol. The monoisotopic (exact) mass is 229 g/mol. The lowest BCUT2D eigenvalue weighted by atomic mass is 10.2. The lowest BCUT2D eigenvalue weighted by Gasteiger charge is -1.96. The second-order valence-corrected chi connectivity index (χ2v) is 3.53. The number of amides is 1. The number of hydrogen-bond donors (Lipinski definition) is 1. The molecule has 17 heavy (non-hydrogen) atoms. The first-order valence-electron chi connectivity index (χ1n) is 5.44. The third kappa shape index (κ3) is 6.10. The fourth-order valence-electron chi connectivity index (χ4n) is 1.24. The first kappa shape index (κ1) is 12.9. The van der Waals surface area contributed by atoms with E-state index in [0.717, 1.165) is 5.56 Å². The molecule has 1 N–H and O–H groups in total. The van der Waals surface area contributed by atoms with E-state index < -0.39 is 0 Å². The van der Waals surface area contributed by atoms with Crippen LogP contribution in [-0.4, -0.2) is 6.41 Å². The lowest BCUT2D eigenvalue weighted by Crippen LogP contribution is -2.25. The van der Waals surface area contributed by atoms with Crippen molar-refractivity contribution in [2.24, 2.45) is 7.05 Å². The Morgan fingerprint density at radius 2 is 1.65 bits per heavy atom. The molecule has 3 heteroatoms. The number of carbonyl (C=O) groups excluding carboxylic acids is 1. The van der Waals surface area contributed by atoms with E-state index in [1.54, 1.807) is 0 Å². The molecule has 0 spiro atoms. The van der Waals surface area contributed by atoms with Gasteiger partial charge in [0.1, 0.15) is 7.05 Å². The van der Waals surface area contributed by atoms with Crippen LogP contribution in [0, 0.1) is 0 Å². The molecule has 3 nitrogen and oxygen atoms in total. The predicted octanol–water partition coefficient (Wildman–Crippen LogP) is 1.44. The van der Waals surface area contributed by atoms with Crippen molar-refractivity contribution in [3.05, 3.63) is 66.5 Å². The van der Waals surface area contributed by atoms with Gasteiger partial charge in [-0.2, -0.15) is 0 Å². The Kier molecular flexibility index (Phi) is 6.11. The van der Waals surface area contributed by atoms with Crippen molar-refractivity contribution in [2.75, 3.05) is 0 Å². The van der Waals surface area contributed by atoms with Gasteiger partial charge in [-0.15, -0.1) is 0 Å². The summed E-state index contributed by atoms with van der Waals surface area (Å²) in [5, 5.41) is 2.58. The molecule has 1 heterocycles. The second-order valence-electron chi connectivity index (χ2n) is 3.53. The third-order valence-electron chi connectivity index (χ3n) is 2.10. The molecule has 0 unspecified atom stereocenters. The quantitative estimate of drug-likeness (QED) is 0.627. The van der Waals surface area contributed by atoms with Gasteiger partial charge in [-0.1, -0.05) is 36.4 Å². The largest absolute Gasteiger partial charge is 0.355 e. The molecule has 0 saturated carbocycles. The van der Waals surface area contributed by atoms with E-state index in [-0.39, 0.29) is 0 Å². The van der Waals surface area contributed by atoms with Crippen LogP contribution in [0.15, 0.2) is 60.9 Å². The van der Waals surface area contributed by atoms with E-state index in [4.69, 9.17) is 0 Å². The summed E-state index contributed by atoms with van der Waals surface area (Å²) in [5.41, 5.74) is 1.12. The van der Waals surface area contributed by atoms with Gasteiger partial charge in [-0.25, -0.2) is 4.57 Å².